The minimum Gasteiger partial charge on any atom is -0.397 e. The van der Waals surface area contributed by atoms with E-state index in [1.807, 2.05) is 61.5 Å². The summed E-state index contributed by atoms with van der Waals surface area (Å²) in [5, 5.41) is 0.720. The topological polar surface area (TPSA) is 86.7 Å². The Labute approximate surface area is 180 Å². The van der Waals surface area contributed by atoms with Crippen LogP contribution in [-0.2, 0) is 0 Å². The first-order valence-electron chi connectivity index (χ1n) is 9.32. The van der Waals surface area contributed by atoms with E-state index in [1.165, 1.54) is 0 Å². The van der Waals surface area contributed by atoms with E-state index in [0.29, 0.717) is 33.7 Å². The van der Waals surface area contributed by atoms with Crippen LogP contribution in [0.25, 0.3) is 38.9 Å². The minimum absolute atomic E-state index is 0.233. The van der Waals surface area contributed by atoms with Crippen LogP contribution in [0.5, 0.6) is 0 Å². The van der Waals surface area contributed by atoms with Crippen LogP contribution in [0.1, 0.15) is 5.69 Å². The maximum atomic E-state index is 13.7. The number of aromatic nitrogens is 4. The van der Waals surface area contributed by atoms with Gasteiger partial charge in [0.05, 0.1) is 28.0 Å². The Balaban J connectivity index is 1.90. The molecule has 30 heavy (non-hydrogen) atoms. The van der Waals surface area contributed by atoms with Crippen molar-refractivity contribution in [2.24, 2.45) is 0 Å². The number of halogens is 1. The number of hydrogen-bond acceptors (Lipinski definition) is 5. The largest absolute Gasteiger partial charge is 0.397 e. The highest BCUT2D eigenvalue weighted by molar-refractivity contribution is 9.10. The van der Waals surface area contributed by atoms with Gasteiger partial charge >= 0.3 is 0 Å². The Morgan fingerprint density at radius 1 is 0.933 bits per heavy atom. The third kappa shape index (κ3) is 2.95. The summed E-state index contributed by atoms with van der Waals surface area (Å²) in [6.45, 7) is 1.89. The molecule has 0 saturated heterocycles. The molecule has 3 heterocycles. The second kappa shape index (κ2) is 7.03. The maximum Gasteiger partial charge on any atom is 0.266 e. The van der Waals surface area contributed by atoms with Gasteiger partial charge in [0, 0.05) is 27.9 Å². The highest BCUT2D eigenvalue weighted by Crippen LogP contribution is 2.31. The number of anilines is 1. The molecule has 0 aliphatic heterocycles. The normalized spacial score (nSPS) is 11.3. The molecule has 0 spiro atoms. The first-order chi connectivity index (χ1) is 14.5. The smallest absolute Gasteiger partial charge is 0.266 e. The zero-order valence-corrected chi connectivity index (χ0v) is 17.6. The van der Waals surface area contributed by atoms with Crippen LogP contribution in [0.2, 0.25) is 0 Å². The number of nitrogen functional groups attached to an aromatic ring is 1. The molecule has 0 atom stereocenters. The van der Waals surface area contributed by atoms with Crippen molar-refractivity contribution in [2.75, 3.05) is 5.73 Å². The average molecular weight is 458 g/mol. The number of hydrogen-bond donors (Lipinski definition) is 1. The summed E-state index contributed by atoms with van der Waals surface area (Å²) in [6.07, 6.45) is 3.27. The quantitative estimate of drug-likeness (QED) is 0.416. The summed E-state index contributed by atoms with van der Waals surface area (Å²) in [7, 11) is 0. The zero-order valence-electron chi connectivity index (χ0n) is 16.0. The van der Waals surface area contributed by atoms with Gasteiger partial charge in [-0.25, -0.2) is 4.98 Å². The molecular formula is C23H16BrN5O. The van der Waals surface area contributed by atoms with E-state index in [2.05, 4.69) is 30.9 Å². The Hall–Kier alpha value is -3.58. The van der Waals surface area contributed by atoms with Crippen LogP contribution >= 0.6 is 15.9 Å². The molecule has 2 aromatic carbocycles. The fraction of sp³-hybridized carbons (Fsp3) is 0.0435. The standard InChI is InChI=1S/C23H16BrN5O/c1-13-2-8-17-21(25)20(14-3-9-18-19(12-14)27-11-10-26-18)23(30)29(22(17)28-13)16-6-4-15(24)5-7-16/h2-12H,25H2,1H3. The fourth-order valence-electron chi connectivity index (χ4n) is 3.61. The van der Waals surface area contributed by atoms with Gasteiger partial charge in [0.1, 0.15) is 5.65 Å². The van der Waals surface area contributed by atoms with E-state index in [4.69, 9.17) is 5.73 Å². The number of fused-ring (bicyclic) bond motifs is 2. The number of nitrogens with two attached hydrogens (primary N) is 1. The summed E-state index contributed by atoms with van der Waals surface area (Å²) < 4.78 is 2.54. The van der Waals surface area contributed by atoms with Crippen molar-refractivity contribution in [3.8, 4) is 16.8 Å². The Kier molecular flexibility index (Phi) is 4.33. The van der Waals surface area contributed by atoms with Crippen molar-refractivity contribution in [3.63, 3.8) is 0 Å². The molecule has 6 nitrogen and oxygen atoms in total. The molecule has 0 bridgehead atoms. The lowest BCUT2D eigenvalue weighted by atomic mass is 10.0. The molecule has 146 valence electrons. The fourth-order valence-corrected chi connectivity index (χ4v) is 3.87. The second-order valence-electron chi connectivity index (χ2n) is 6.99. The van der Waals surface area contributed by atoms with Crippen LogP contribution in [-0.4, -0.2) is 19.5 Å². The molecule has 5 aromatic rings. The van der Waals surface area contributed by atoms with Gasteiger partial charge < -0.3 is 5.73 Å². The summed E-state index contributed by atoms with van der Waals surface area (Å²) in [4.78, 5) is 27.0. The molecule has 0 fully saturated rings. The van der Waals surface area contributed by atoms with E-state index in [0.717, 1.165) is 21.1 Å². The van der Waals surface area contributed by atoms with Gasteiger partial charge in [-0.2, -0.15) is 0 Å². The van der Waals surface area contributed by atoms with Crippen LogP contribution < -0.4 is 11.3 Å². The lowest BCUT2D eigenvalue weighted by molar-refractivity contribution is 1.01. The average Bonchev–Trinajstić information content (AvgIpc) is 2.75. The van der Waals surface area contributed by atoms with E-state index in [1.54, 1.807) is 17.0 Å². The van der Waals surface area contributed by atoms with E-state index >= 15 is 0 Å². The SMILES string of the molecule is Cc1ccc2c(N)c(-c3ccc4nccnc4c3)c(=O)n(-c3ccc(Br)cc3)c2n1. The van der Waals surface area contributed by atoms with Crippen molar-refractivity contribution in [1.82, 2.24) is 19.5 Å². The van der Waals surface area contributed by atoms with Crippen LogP contribution in [0.4, 0.5) is 5.69 Å². The third-order valence-electron chi connectivity index (χ3n) is 5.05. The van der Waals surface area contributed by atoms with Gasteiger partial charge in [-0.1, -0.05) is 22.0 Å². The molecule has 0 unspecified atom stereocenters. The molecule has 3 aromatic heterocycles. The summed E-state index contributed by atoms with van der Waals surface area (Å²) in [6, 6.07) is 16.9. The lowest BCUT2D eigenvalue weighted by Crippen LogP contribution is -2.23. The van der Waals surface area contributed by atoms with Gasteiger partial charge in [-0.15, -0.1) is 0 Å². The predicted molar refractivity (Wildman–Crippen MR) is 123 cm³/mol. The molecule has 7 heteroatoms. The van der Waals surface area contributed by atoms with Gasteiger partial charge in [0.25, 0.3) is 5.56 Å². The molecule has 0 radical (unpaired) electrons. The molecule has 0 saturated carbocycles. The number of pyridine rings is 2. The van der Waals surface area contributed by atoms with Gasteiger partial charge in [0.2, 0.25) is 0 Å². The monoisotopic (exact) mass is 457 g/mol. The third-order valence-corrected chi connectivity index (χ3v) is 5.57. The predicted octanol–water partition coefficient (Wildman–Crippen LogP) is 4.65. The van der Waals surface area contributed by atoms with E-state index in [9.17, 15) is 4.79 Å². The summed E-state index contributed by atoms with van der Waals surface area (Å²) in [5.74, 6) is 0. The Morgan fingerprint density at radius 3 is 2.43 bits per heavy atom. The number of aryl methyl sites for hydroxylation is 1. The zero-order chi connectivity index (χ0) is 20.8. The summed E-state index contributed by atoms with van der Waals surface area (Å²) in [5.41, 5.74) is 11.3. The number of nitrogens with zero attached hydrogens (tertiary/aromatic N) is 4. The summed E-state index contributed by atoms with van der Waals surface area (Å²) >= 11 is 3.45. The van der Waals surface area contributed by atoms with E-state index in [-0.39, 0.29) is 5.56 Å². The second-order valence-corrected chi connectivity index (χ2v) is 7.90. The molecule has 0 aliphatic carbocycles. The van der Waals surface area contributed by atoms with Crippen molar-refractivity contribution in [2.45, 2.75) is 6.92 Å². The van der Waals surface area contributed by atoms with Crippen molar-refractivity contribution < 1.29 is 0 Å². The molecule has 0 amide bonds. The van der Waals surface area contributed by atoms with Crippen molar-refractivity contribution in [3.05, 3.63) is 87.5 Å². The Morgan fingerprint density at radius 2 is 1.67 bits per heavy atom. The van der Waals surface area contributed by atoms with Gasteiger partial charge in [-0.3, -0.25) is 19.3 Å². The first kappa shape index (κ1) is 18.4. The van der Waals surface area contributed by atoms with Gasteiger partial charge in [0.15, 0.2) is 0 Å². The van der Waals surface area contributed by atoms with Gasteiger partial charge in [-0.05, 0) is 61.0 Å². The van der Waals surface area contributed by atoms with Crippen molar-refractivity contribution in [1.29, 1.82) is 0 Å². The van der Waals surface area contributed by atoms with Crippen LogP contribution in [0.3, 0.4) is 0 Å². The van der Waals surface area contributed by atoms with E-state index < -0.39 is 0 Å². The Bertz CT molecular complexity index is 1490. The maximum absolute atomic E-state index is 13.7. The molecule has 0 aliphatic rings. The lowest BCUT2D eigenvalue weighted by Gasteiger charge is -2.16. The number of benzene rings is 2. The molecule has 2 N–H and O–H groups in total. The first-order valence-corrected chi connectivity index (χ1v) is 10.1. The van der Waals surface area contributed by atoms with Crippen LogP contribution in [0.15, 0.2) is 76.3 Å². The highest BCUT2D eigenvalue weighted by Gasteiger charge is 2.19. The van der Waals surface area contributed by atoms with Crippen LogP contribution in [0, 0.1) is 6.92 Å². The number of rotatable bonds is 2. The molecule has 5 rings (SSSR count). The highest BCUT2D eigenvalue weighted by atomic mass is 79.9. The minimum atomic E-state index is -0.233. The molecular weight excluding hydrogens is 442 g/mol. The van der Waals surface area contributed by atoms with Crippen molar-refractivity contribution >= 4 is 43.7 Å².